The van der Waals surface area contributed by atoms with Crippen LogP contribution in [0.3, 0.4) is 0 Å². The smallest absolute Gasteiger partial charge is 0.153 e. The summed E-state index contributed by atoms with van der Waals surface area (Å²) >= 11 is 0. The predicted octanol–water partition coefficient (Wildman–Crippen LogP) is 2.14. The van der Waals surface area contributed by atoms with E-state index < -0.39 is 35.3 Å². The maximum absolute atomic E-state index is 12.5. The van der Waals surface area contributed by atoms with E-state index in [0.717, 1.165) is 12.1 Å². The van der Waals surface area contributed by atoms with Crippen LogP contribution in [-0.2, 0) is 16.8 Å². The van der Waals surface area contributed by atoms with Gasteiger partial charge in [-0.3, -0.25) is 9.59 Å². The van der Waals surface area contributed by atoms with Gasteiger partial charge in [-0.25, -0.2) is 0 Å². The molecule has 253 valence electrons. The molecule has 0 saturated carbocycles. The van der Waals surface area contributed by atoms with Crippen LogP contribution in [0.1, 0.15) is 44.1 Å². The summed E-state index contributed by atoms with van der Waals surface area (Å²) in [4.78, 5) is 24.7. The zero-order valence-corrected chi connectivity index (χ0v) is 27.4. The van der Waals surface area contributed by atoms with Gasteiger partial charge in [0.05, 0.1) is 42.7 Å². The first-order chi connectivity index (χ1) is 22.0. The molecule has 0 aliphatic heterocycles. The van der Waals surface area contributed by atoms with Crippen LogP contribution in [0.25, 0.3) is 0 Å². The van der Waals surface area contributed by atoms with Crippen molar-refractivity contribution in [1.82, 2.24) is 0 Å². The van der Waals surface area contributed by atoms with E-state index in [4.69, 9.17) is 28.4 Å². The van der Waals surface area contributed by atoms with Crippen LogP contribution < -0.4 is 48.8 Å². The Morgan fingerprint density at radius 3 is 1.04 bits per heavy atom. The van der Waals surface area contributed by atoms with Crippen molar-refractivity contribution in [3.05, 3.63) is 95.1 Å². The average molecular weight is 692 g/mol. The first kappa shape index (κ1) is 38.2. The topological polar surface area (TPSA) is 182 Å². The van der Waals surface area contributed by atoms with Gasteiger partial charge in [0, 0.05) is 40.0 Å². The predicted molar refractivity (Wildman–Crippen MR) is 158 cm³/mol. The van der Waals surface area contributed by atoms with Gasteiger partial charge in [-0.05, 0) is 84.0 Å². The Labute approximate surface area is 282 Å². The molecule has 0 N–H and O–H groups in total. The normalized spacial score (nSPS) is 11.4. The maximum atomic E-state index is 12.5. The molecule has 2 atom stereocenters. The Morgan fingerprint density at radius 1 is 0.489 bits per heavy atom. The number of carbonyl (C=O) groups is 2. The number of hydrogen-bond acceptors (Lipinski definition) is 12. The molecule has 0 spiro atoms. The SMILES string of the molecule is COc1ccc(C(=O)C([O-])c2c([O-])cc(OC)cc2OC)cc1.COc1ccc(C(=O)C([O-])c2c([O-])cc(OC)cc2OC)cc1.[Co]. The van der Waals surface area contributed by atoms with Gasteiger partial charge >= 0.3 is 0 Å². The van der Waals surface area contributed by atoms with E-state index >= 15 is 0 Å². The summed E-state index contributed by atoms with van der Waals surface area (Å²) in [6, 6.07) is 17.3. The number of Topliss-reactive ketones (excluding diaryl/α,β-unsaturated/α-hetero) is 2. The number of ether oxygens (including phenoxy) is 6. The maximum Gasteiger partial charge on any atom is 0.153 e. The minimum absolute atomic E-state index is 0. The van der Waals surface area contributed by atoms with Gasteiger partial charge in [0.2, 0.25) is 0 Å². The molecule has 4 aromatic rings. The second kappa shape index (κ2) is 17.7. The monoisotopic (exact) mass is 691 g/mol. The van der Waals surface area contributed by atoms with Crippen LogP contribution in [0.4, 0.5) is 0 Å². The number of methoxy groups -OCH3 is 6. The number of hydrogen-bond donors (Lipinski definition) is 0. The number of rotatable bonds is 12. The zero-order chi connectivity index (χ0) is 34.0. The third-order valence-electron chi connectivity index (χ3n) is 6.82. The van der Waals surface area contributed by atoms with Crippen molar-refractivity contribution in [2.45, 2.75) is 12.2 Å². The van der Waals surface area contributed by atoms with Gasteiger partial charge in [-0.1, -0.05) is 11.5 Å². The Bertz CT molecular complexity index is 1520. The quantitative estimate of drug-likeness (QED) is 0.198. The fraction of sp³-hybridized carbons (Fsp3) is 0.235. The van der Waals surface area contributed by atoms with Gasteiger partial charge < -0.3 is 48.8 Å². The van der Waals surface area contributed by atoms with E-state index in [1.54, 1.807) is 24.3 Å². The van der Waals surface area contributed by atoms with Crippen molar-refractivity contribution in [1.29, 1.82) is 0 Å². The minimum Gasteiger partial charge on any atom is -0.872 e. The van der Waals surface area contributed by atoms with Gasteiger partial charge in [0.15, 0.2) is 11.6 Å². The summed E-state index contributed by atoms with van der Waals surface area (Å²) in [5, 5.41) is 49.2. The largest absolute Gasteiger partial charge is 0.872 e. The van der Waals surface area contributed by atoms with Crippen LogP contribution in [-0.4, -0.2) is 54.2 Å². The van der Waals surface area contributed by atoms with E-state index in [9.17, 15) is 30.0 Å². The molecule has 4 rings (SSSR count). The fourth-order valence-corrected chi connectivity index (χ4v) is 4.32. The molecule has 0 aliphatic rings. The van der Waals surface area contributed by atoms with Crippen molar-refractivity contribution >= 4 is 11.6 Å². The Kier molecular flexibility index (Phi) is 14.4. The Hall–Kier alpha value is -4.95. The van der Waals surface area contributed by atoms with Gasteiger partial charge in [-0.2, -0.15) is 0 Å². The summed E-state index contributed by atoms with van der Waals surface area (Å²) in [6.07, 6.45) is -3.76. The molecule has 4 aromatic carbocycles. The summed E-state index contributed by atoms with van der Waals surface area (Å²) in [5.74, 6) is -0.884. The molecule has 0 saturated heterocycles. The average Bonchev–Trinajstić information content (AvgIpc) is 3.09. The third kappa shape index (κ3) is 9.07. The van der Waals surface area contributed by atoms with Crippen LogP contribution in [0.15, 0.2) is 72.8 Å². The van der Waals surface area contributed by atoms with Crippen molar-refractivity contribution in [3.8, 4) is 46.0 Å². The van der Waals surface area contributed by atoms with Gasteiger partial charge in [-0.15, -0.1) is 0 Å². The van der Waals surface area contributed by atoms with Crippen molar-refractivity contribution in [3.63, 3.8) is 0 Å². The summed E-state index contributed by atoms with van der Waals surface area (Å²) < 4.78 is 30.0. The van der Waals surface area contributed by atoms with Gasteiger partial charge in [0.1, 0.15) is 34.5 Å². The second-order valence-electron chi connectivity index (χ2n) is 9.43. The molecule has 0 aromatic heterocycles. The molecular formula is C34H32CoO12-4. The molecule has 47 heavy (non-hydrogen) atoms. The third-order valence-corrected chi connectivity index (χ3v) is 6.82. The van der Waals surface area contributed by atoms with E-state index in [1.807, 2.05) is 0 Å². The molecule has 0 aliphatic carbocycles. The Balaban J connectivity index is 0.000000320. The van der Waals surface area contributed by atoms with Crippen molar-refractivity contribution in [2.75, 3.05) is 42.7 Å². The van der Waals surface area contributed by atoms with Crippen LogP contribution in [0.2, 0.25) is 0 Å². The van der Waals surface area contributed by atoms with E-state index in [1.165, 1.54) is 79.1 Å². The van der Waals surface area contributed by atoms with Crippen molar-refractivity contribution in [2.24, 2.45) is 0 Å². The van der Waals surface area contributed by atoms with E-state index in [0.29, 0.717) is 11.5 Å². The number of ketones is 2. The molecule has 0 amide bonds. The molecule has 1 radical (unpaired) electrons. The van der Waals surface area contributed by atoms with E-state index in [-0.39, 0.29) is 62.0 Å². The molecule has 12 nitrogen and oxygen atoms in total. The van der Waals surface area contributed by atoms with E-state index in [2.05, 4.69) is 0 Å². The first-order valence-electron chi connectivity index (χ1n) is 13.6. The zero-order valence-electron chi connectivity index (χ0n) is 26.3. The van der Waals surface area contributed by atoms with Crippen LogP contribution in [0.5, 0.6) is 46.0 Å². The standard InChI is InChI=1S/2C17H17O6.Co/c2*1-21-11-6-4-10(5-7-11)16(19)17(20)15-13(18)8-12(22-2)9-14(15)23-3;/h2*4-9,17-18H,1-3H3;/q2*-1;/p-2. The van der Waals surface area contributed by atoms with Crippen LogP contribution in [0, 0.1) is 0 Å². The van der Waals surface area contributed by atoms with Crippen molar-refractivity contribution < 1.29 is 75.2 Å². The molecule has 0 heterocycles. The number of benzene rings is 4. The van der Waals surface area contributed by atoms with Crippen LogP contribution >= 0.6 is 0 Å². The Morgan fingerprint density at radius 2 is 0.787 bits per heavy atom. The fourth-order valence-electron chi connectivity index (χ4n) is 4.32. The second-order valence-corrected chi connectivity index (χ2v) is 9.43. The molecule has 13 heteroatoms. The summed E-state index contributed by atoms with van der Waals surface area (Å²) in [7, 11) is 8.43. The molecule has 0 fully saturated rings. The number of carbonyl (C=O) groups excluding carboxylic acids is 2. The summed E-state index contributed by atoms with van der Waals surface area (Å²) in [6.45, 7) is 0. The molecule has 0 bridgehead atoms. The summed E-state index contributed by atoms with van der Waals surface area (Å²) in [5.41, 5.74) is -0.0608. The first-order valence-corrected chi connectivity index (χ1v) is 13.6. The molecule has 2 unspecified atom stereocenters. The minimum atomic E-state index is -1.88. The molecular weight excluding hydrogens is 659 g/mol. The van der Waals surface area contributed by atoms with Gasteiger partial charge in [0.25, 0.3) is 0 Å².